The molecule has 8 heteroatoms. The largest absolute Gasteiger partial charge is 0.465 e. The summed E-state index contributed by atoms with van der Waals surface area (Å²) in [7, 11) is 1.69. The first-order valence-corrected chi connectivity index (χ1v) is 12.9. The topological polar surface area (TPSA) is 84.9 Å². The van der Waals surface area contributed by atoms with Crippen LogP contribution in [0.5, 0.6) is 0 Å². The zero-order chi connectivity index (χ0) is 23.4. The molecule has 1 aliphatic heterocycles. The van der Waals surface area contributed by atoms with Crippen molar-refractivity contribution in [2.75, 3.05) is 24.3 Å². The van der Waals surface area contributed by atoms with Crippen molar-refractivity contribution < 1.29 is 23.9 Å². The van der Waals surface area contributed by atoms with Gasteiger partial charge in [0.1, 0.15) is 5.60 Å². The van der Waals surface area contributed by atoms with Crippen LogP contribution in [0.4, 0.5) is 10.5 Å². The molecule has 5 aliphatic rings. The van der Waals surface area contributed by atoms with E-state index >= 15 is 0 Å². The van der Waals surface area contributed by atoms with Crippen molar-refractivity contribution in [2.24, 2.45) is 17.8 Å². The van der Waals surface area contributed by atoms with Crippen molar-refractivity contribution in [3.8, 4) is 0 Å². The summed E-state index contributed by atoms with van der Waals surface area (Å²) < 4.78 is 11.3. The summed E-state index contributed by atoms with van der Waals surface area (Å²) in [6, 6.07) is 5.71. The molecule has 4 aliphatic carbocycles. The summed E-state index contributed by atoms with van der Waals surface area (Å²) in [5, 5.41) is 2.93. The summed E-state index contributed by atoms with van der Waals surface area (Å²) in [6.07, 6.45) is 5.92. The van der Waals surface area contributed by atoms with Crippen LogP contribution in [0, 0.1) is 24.7 Å². The van der Waals surface area contributed by atoms with Crippen molar-refractivity contribution in [3.63, 3.8) is 0 Å². The summed E-state index contributed by atoms with van der Waals surface area (Å²) in [5.74, 6) is 1.14. The average Bonchev–Trinajstić information content (AvgIpc) is 2.93. The number of esters is 1. The minimum Gasteiger partial charge on any atom is -0.465 e. The zero-order valence-electron chi connectivity index (χ0n) is 19.5. The number of benzene rings is 1. The second-order valence-corrected chi connectivity index (χ2v) is 11.5. The predicted molar refractivity (Wildman–Crippen MR) is 126 cm³/mol. The number of hydrogen-bond acceptors (Lipinski definition) is 6. The van der Waals surface area contributed by atoms with Crippen molar-refractivity contribution in [2.45, 2.75) is 62.8 Å². The Bertz CT molecular complexity index is 960. The number of rotatable bonds is 6. The number of aryl methyl sites for hydroxylation is 1. The highest BCUT2D eigenvalue weighted by Gasteiger charge is 2.56. The van der Waals surface area contributed by atoms with E-state index in [1.807, 2.05) is 25.1 Å². The Balaban J connectivity index is 1.42. The predicted octanol–water partition coefficient (Wildman–Crippen LogP) is 4.12. The number of nitrogens with one attached hydrogen (secondary N) is 1. The van der Waals surface area contributed by atoms with Gasteiger partial charge >= 0.3 is 12.1 Å². The third-order valence-corrected chi connectivity index (χ3v) is 9.09. The normalized spacial score (nSPS) is 33.7. The van der Waals surface area contributed by atoms with Gasteiger partial charge in [-0.15, -0.1) is 11.8 Å². The average molecular weight is 473 g/mol. The number of amides is 2. The lowest BCUT2D eigenvalue weighted by Crippen LogP contribution is -2.56. The van der Waals surface area contributed by atoms with Crippen LogP contribution < -0.4 is 10.2 Å². The third-order valence-electron chi connectivity index (χ3n) is 7.78. The van der Waals surface area contributed by atoms with Gasteiger partial charge in [-0.2, -0.15) is 0 Å². The van der Waals surface area contributed by atoms with Gasteiger partial charge in [0.05, 0.1) is 18.0 Å². The van der Waals surface area contributed by atoms with Crippen molar-refractivity contribution in [1.82, 2.24) is 5.32 Å². The van der Waals surface area contributed by atoms with E-state index in [4.69, 9.17) is 9.47 Å². The number of alkyl carbamates (subject to hydrolysis) is 1. The smallest absolute Gasteiger partial charge is 0.409 e. The van der Waals surface area contributed by atoms with Gasteiger partial charge in [0.25, 0.3) is 5.91 Å². The first kappa shape index (κ1) is 22.6. The maximum Gasteiger partial charge on any atom is 0.409 e. The van der Waals surface area contributed by atoms with Gasteiger partial charge < -0.3 is 14.4 Å². The van der Waals surface area contributed by atoms with Gasteiger partial charge in [-0.3, -0.25) is 14.9 Å². The number of ether oxygens (including phenoxy) is 2. The van der Waals surface area contributed by atoms with E-state index in [0.717, 1.165) is 42.3 Å². The van der Waals surface area contributed by atoms with Crippen LogP contribution in [-0.4, -0.2) is 43.0 Å². The third kappa shape index (κ3) is 3.90. The quantitative estimate of drug-likeness (QED) is 0.495. The summed E-state index contributed by atoms with van der Waals surface area (Å²) in [6.45, 7) is 3.95. The number of carbonyl (C=O) groups excluding carboxylic acids is 3. The highest BCUT2D eigenvalue weighted by atomic mass is 32.2. The monoisotopic (exact) mass is 472 g/mol. The maximum absolute atomic E-state index is 13.5. The van der Waals surface area contributed by atoms with Gasteiger partial charge in [0.15, 0.2) is 4.87 Å². The number of nitrogens with zero attached hydrogens (tertiary/aromatic N) is 1. The van der Waals surface area contributed by atoms with Crippen LogP contribution in [-0.2, 0) is 23.9 Å². The van der Waals surface area contributed by atoms with Gasteiger partial charge in [0.2, 0.25) is 0 Å². The van der Waals surface area contributed by atoms with E-state index in [1.54, 1.807) is 14.0 Å². The molecule has 1 N–H and O–H groups in total. The van der Waals surface area contributed by atoms with E-state index in [2.05, 4.69) is 5.32 Å². The highest BCUT2D eigenvalue weighted by Crippen LogP contribution is 2.57. The Morgan fingerprint density at radius 2 is 1.79 bits per heavy atom. The molecule has 4 saturated carbocycles. The Labute approximate surface area is 198 Å². The van der Waals surface area contributed by atoms with E-state index in [9.17, 15) is 14.4 Å². The molecule has 0 spiro atoms. The van der Waals surface area contributed by atoms with Crippen molar-refractivity contribution in [1.29, 1.82) is 0 Å². The Hall–Kier alpha value is -2.22. The van der Waals surface area contributed by atoms with E-state index in [-0.39, 0.29) is 18.3 Å². The molecule has 6 rings (SSSR count). The number of carbonyl (C=O) groups is 3. The van der Waals surface area contributed by atoms with Crippen molar-refractivity contribution >= 4 is 35.4 Å². The van der Waals surface area contributed by atoms with Crippen LogP contribution in [0.2, 0.25) is 0 Å². The number of likely N-dealkylation sites (N-methyl/N-ethyl adjacent to an activating group) is 1. The number of anilines is 1. The molecule has 1 heterocycles. The lowest BCUT2D eigenvalue weighted by Gasteiger charge is -2.55. The molecular formula is C25H32N2O5S. The molecule has 4 fully saturated rings. The molecule has 4 bridgehead atoms. The lowest BCUT2D eigenvalue weighted by atomic mass is 9.54. The van der Waals surface area contributed by atoms with Crippen LogP contribution in [0.1, 0.15) is 56.6 Å². The zero-order valence-corrected chi connectivity index (χ0v) is 20.3. The molecule has 7 nitrogen and oxygen atoms in total. The summed E-state index contributed by atoms with van der Waals surface area (Å²) in [4.78, 5) is 39.2. The van der Waals surface area contributed by atoms with Crippen LogP contribution in [0.3, 0.4) is 0 Å². The Kier molecular flexibility index (Phi) is 5.62. The Morgan fingerprint density at radius 1 is 1.15 bits per heavy atom. The Morgan fingerprint density at radius 3 is 2.39 bits per heavy atom. The second-order valence-electron chi connectivity index (χ2n) is 10.3. The van der Waals surface area contributed by atoms with Gasteiger partial charge in [0, 0.05) is 12.6 Å². The molecule has 0 unspecified atom stereocenters. The SMILES string of the molecule is CCOC(=O)CS[C@@]1(NC(=O)OC23CC4CC(CC(C4)C2)C3)C(=O)N(C)c2ccc(C)cc21. The first-order chi connectivity index (χ1) is 15.7. The molecule has 1 aromatic rings. The maximum atomic E-state index is 13.5. The van der Waals surface area contributed by atoms with Crippen molar-refractivity contribution in [3.05, 3.63) is 29.3 Å². The standard InChI is InChI=1S/C25H32N2O5S/c1-4-31-21(28)14-33-25(19-7-15(2)5-6-20(19)27(3)22(25)29)26-23(30)32-24-11-16-8-17(12-24)10-18(9-16)13-24/h5-7,16-18H,4,8-14H2,1-3H3,(H,26,30)/t16?,17?,18?,24?,25-/m1/s1. The molecule has 2 amide bonds. The van der Waals surface area contributed by atoms with Crippen LogP contribution >= 0.6 is 11.8 Å². The molecule has 1 aromatic carbocycles. The van der Waals surface area contributed by atoms with Gasteiger partial charge in [-0.05, 0) is 76.2 Å². The molecule has 0 saturated heterocycles. The highest BCUT2D eigenvalue weighted by molar-refractivity contribution is 8.01. The number of thioether (sulfide) groups is 1. The molecule has 0 aromatic heterocycles. The molecule has 33 heavy (non-hydrogen) atoms. The minimum absolute atomic E-state index is 0.0571. The molecule has 0 radical (unpaired) electrons. The lowest BCUT2D eigenvalue weighted by molar-refractivity contribution is -0.139. The van der Waals surface area contributed by atoms with E-state index in [0.29, 0.717) is 23.3 Å². The van der Waals surface area contributed by atoms with E-state index in [1.165, 1.54) is 24.2 Å². The minimum atomic E-state index is -1.43. The van der Waals surface area contributed by atoms with Gasteiger partial charge in [-0.1, -0.05) is 17.7 Å². The number of hydrogen-bond donors (Lipinski definition) is 1. The first-order valence-electron chi connectivity index (χ1n) is 11.9. The van der Waals surface area contributed by atoms with Gasteiger partial charge in [-0.25, -0.2) is 4.79 Å². The fraction of sp³-hybridized carbons (Fsp3) is 0.640. The molecular weight excluding hydrogens is 440 g/mol. The molecule has 1 atom stereocenters. The summed E-state index contributed by atoms with van der Waals surface area (Å²) >= 11 is 1.09. The van der Waals surface area contributed by atoms with Crippen LogP contribution in [0.15, 0.2) is 18.2 Å². The summed E-state index contributed by atoms with van der Waals surface area (Å²) in [5.41, 5.74) is 1.94. The number of fused-ring (bicyclic) bond motifs is 1. The van der Waals surface area contributed by atoms with E-state index < -0.39 is 22.5 Å². The van der Waals surface area contributed by atoms with Crippen LogP contribution in [0.25, 0.3) is 0 Å². The second kappa shape index (κ2) is 8.22. The molecule has 178 valence electrons. The fourth-order valence-corrected chi connectivity index (χ4v) is 8.03. The fourth-order valence-electron chi connectivity index (χ4n) is 6.87.